The van der Waals surface area contributed by atoms with E-state index in [1.54, 1.807) is 12.1 Å². The van der Waals surface area contributed by atoms with Gasteiger partial charge in [0.05, 0.1) is 16.9 Å². The molecule has 2 heterocycles. The van der Waals surface area contributed by atoms with Crippen LogP contribution < -0.4 is 5.32 Å². The van der Waals surface area contributed by atoms with Crippen LogP contribution in [0.2, 0.25) is 0 Å². The minimum absolute atomic E-state index is 0.243. The molecule has 104 valence electrons. The Bertz CT molecular complexity index is 833. The molecule has 2 aromatic heterocycles. The predicted molar refractivity (Wildman–Crippen MR) is 86.4 cm³/mol. The van der Waals surface area contributed by atoms with Crippen molar-refractivity contribution in [2.24, 2.45) is 0 Å². The lowest BCUT2D eigenvalue weighted by Crippen LogP contribution is -2.14. The third kappa shape index (κ3) is 2.92. The van der Waals surface area contributed by atoms with E-state index in [0.29, 0.717) is 11.4 Å². The van der Waals surface area contributed by atoms with E-state index in [4.69, 9.17) is 0 Å². The third-order valence-electron chi connectivity index (χ3n) is 3.13. The van der Waals surface area contributed by atoms with Gasteiger partial charge >= 0.3 is 0 Å². The van der Waals surface area contributed by atoms with E-state index >= 15 is 0 Å². The lowest BCUT2D eigenvalue weighted by molar-refractivity contribution is 0.102. The average Bonchev–Trinajstić information content (AvgIpc) is 2.49. The molecule has 3 rings (SSSR count). The number of benzene rings is 1. The Morgan fingerprint density at radius 1 is 1.05 bits per heavy atom. The number of amides is 1. The average molecular weight is 342 g/mol. The smallest absolute Gasteiger partial charge is 0.274 e. The maximum atomic E-state index is 12.3. The number of nitrogens with one attached hydrogen (secondary N) is 1. The highest BCUT2D eigenvalue weighted by Crippen LogP contribution is 2.18. The summed E-state index contributed by atoms with van der Waals surface area (Å²) in [5, 5.41) is 3.84. The molecule has 0 radical (unpaired) electrons. The van der Waals surface area contributed by atoms with Gasteiger partial charge in [-0.05, 0) is 47.1 Å². The molecule has 3 aromatic rings. The van der Waals surface area contributed by atoms with Gasteiger partial charge in [0.15, 0.2) is 0 Å². The summed E-state index contributed by atoms with van der Waals surface area (Å²) in [7, 11) is 0. The van der Waals surface area contributed by atoms with Gasteiger partial charge in [0.1, 0.15) is 10.3 Å². The molecule has 0 saturated carbocycles. The molecule has 1 amide bonds. The van der Waals surface area contributed by atoms with Gasteiger partial charge < -0.3 is 5.32 Å². The topological polar surface area (TPSA) is 54.9 Å². The number of nitrogens with zero attached hydrogens (tertiary/aromatic N) is 2. The first-order valence-electron chi connectivity index (χ1n) is 6.44. The minimum atomic E-state index is -0.243. The van der Waals surface area contributed by atoms with Crippen molar-refractivity contribution in [3.63, 3.8) is 0 Å². The van der Waals surface area contributed by atoms with Gasteiger partial charge in [-0.25, -0.2) is 9.97 Å². The van der Waals surface area contributed by atoms with E-state index in [0.717, 1.165) is 21.2 Å². The van der Waals surface area contributed by atoms with Crippen LogP contribution in [-0.2, 0) is 0 Å². The summed E-state index contributed by atoms with van der Waals surface area (Å²) < 4.78 is 0.738. The number of hydrogen-bond acceptors (Lipinski definition) is 3. The van der Waals surface area contributed by atoms with E-state index in [1.165, 1.54) is 0 Å². The van der Waals surface area contributed by atoms with Crippen LogP contribution in [-0.4, -0.2) is 15.9 Å². The van der Waals surface area contributed by atoms with Gasteiger partial charge in [-0.15, -0.1) is 0 Å². The minimum Gasteiger partial charge on any atom is -0.319 e. The molecule has 21 heavy (non-hydrogen) atoms. The summed E-state index contributed by atoms with van der Waals surface area (Å²) in [5.41, 5.74) is 2.61. The van der Waals surface area contributed by atoms with Gasteiger partial charge in [-0.3, -0.25) is 4.79 Å². The molecule has 0 aliphatic rings. The van der Waals surface area contributed by atoms with Crippen LogP contribution in [0.15, 0.2) is 53.1 Å². The Hall–Kier alpha value is -2.27. The van der Waals surface area contributed by atoms with Crippen LogP contribution in [0.4, 0.5) is 5.69 Å². The van der Waals surface area contributed by atoms with Crippen molar-refractivity contribution in [3.8, 4) is 0 Å². The molecular weight excluding hydrogens is 330 g/mol. The summed E-state index contributed by atoms with van der Waals surface area (Å²) >= 11 is 3.30. The number of carbonyl (C=O) groups is 1. The lowest BCUT2D eigenvalue weighted by atomic mass is 10.2. The number of aromatic nitrogens is 2. The standard InChI is InChI=1S/C16H12BrN3O/c1-10-12(8-9-15(17)18-10)20-16(21)14-7-6-11-4-2-3-5-13(11)19-14/h2-9H,1H3,(H,20,21). The number of anilines is 1. The van der Waals surface area contributed by atoms with Crippen molar-refractivity contribution < 1.29 is 4.79 Å². The first kappa shape index (κ1) is 13.7. The summed E-state index contributed by atoms with van der Waals surface area (Å²) in [4.78, 5) is 20.9. The van der Waals surface area contributed by atoms with E-state index < -0.39 is 0 Å². The first-order chi connectivity index (χ1) is 10.1. The molecule has 5 heteroatoms. The molecule has 1 N–H and O–H groups in total. The van der Waals surface area contributed by atoms with Crippen LogP contribution in [0.1, 0.15) is 16.2 Å². The predicted octanol–water partition coefficient (Wildman–Crippen LogP) is 3.95. The Labute approximate surface area is 130 Å². The fourth-order valence-corrected chi connectivity index (χ4v) is 2.44. The van der Waals surface area contributed by atoms with E-state index in [-0.39, 0.29) is 5.91 Å². The quantitative estimate of drug-likeness (QED) is 0.718. The Balaban J connectivity index is 1.89. The Morgan fingerprint density at radius 3 is 2.67 bits per heavy atom. The molecule has 0 atom stereocenters. The lowest BCUT2D eigenvalue weighted by Gasteiger charge is -2.08. The van der Waals surface area contributed by atoms with Crippen molar-refractivity contribution in [2.75, 3.05) is 5.32 Å². The van der Waals surface area contributed by atoms with Crippen LogP contribution in [0, 0.1) is 6.92 Å². The maximum absolute atomic E-state index is 12.3. The number of aryl methyl sites for hydroxylation is 1. The highest BCUT2D eigenvalue weighted by Gasteiger charge is 2.10. The van der Waals surface area contributed by atoms with Crippen molar-refractivity contribution in [1.82, 2.24) is 9.97 Å². The number of hydrogen-bond donors (Lipinski definition) is 1. The molecule has 1 aromatic carbocycles. The molecule has 0 spiro atoms. The third-order valence-corrected chi connectivity index (χ3v) is 3.57. The molecule has 0 aliphatic carbocycles. The van der Waals surface area contributed by atoms with Crippen molar-refractivity contribution in [3.05, 3.63) is 64.5 Å². The normalized spacial score (nSPS) is 10.6. The van der Waals surface area contributed by atoms with E-state index in [1.807, 2.05) is 43.3 Å². The molecule has 0 saturated heterocycles. The van der Waals surface area contributed by atoms with Gasteiger partial charge in [-0.1, -0.05) is 24.3 Å². The maximum Gasteiger partial charge on any atom is 0.274 e. The summed E-state index contributed by atoms with van der Waals surface area (Å²) in [6, 6.07) is 14.9. The van der Waals surface area contributed by atoms with Gasteiger partial charge in [-0.2, -0.15) is 0 Å². The largest absolute Gasteiger partial charge is 0.319 e. The second-order valence-electron chi connectivity index (χ2n) is 4.61. The molecule has 0 unspecified atom stereocenters. The highest BCUT2D eigenvalue weighted by molar-refractivity contribution is 9.10. The van der Waals surface area contributed by atoms with E-state index in [9.17, 15) is 4.79 Å². The van der Waals surface area contributed by atoms with Gasteiger partial charge in [0.2, 0.25) is 0 Å². The van der Waals surface area contributed by atoms with Gasteiger partial charge in [0.25, 0.3) is 5.91 Å². The molecule has 0 bridgehead atoms. The summed E-state index contributed by atoms with van der Waals surface area (Å²) in [5.74, 6) is -0.243. The van der Waals surface area contributed by atoms with Crippen LogP contribution in [0.5, 0.6) is 0 Å². The molecular formula is C16H12BrN3O. The zero-order chi connectivity index (χ0) is 14.8. The van der Waals surface area contributed by atoms with Gasteiger partial charge in [0, 0.05) is 5.39 Å². The summed E-state index contributed by atoms with van der Waals surface area (Å²) in [6.07, 6.45) is 0. The van der Waals surface area contributed by atoms with Crippen LogP contribution in [0.25, 0.3) is 10.9 Å². The number of halogens is 1. The van der Waals surface area contributed by atoms with Crippen molar-refractivity contribution >= 4 is 38.4 Å². The second-order valence-corrected chi connectivity index (χ2v) is 5.42. The highest BCUT2D eigenvalue weighted by atomic mass is 79.9. The monoisotopic (exact) mass is 341 g/mol. The van der Waals surface area contributed by atoms with Crippen molar-refractivity contribution in [2.45, 2.75) is 6.92 Å². The van der Waals surface area contributed by atoms with Crippen LogP contribution >= 0.6 is 15.9 Å². The number of fused-ring (bicyclic) bond motifs is 1. The number of rotatable bonds is 2. The fraction of sp³-hybridized carbons (Fsp3) is 0.0625. The Kier molecular flexibility index (Phi) is 3.66. The molecule has 4 nitrogen and oxygen atoms in total. The van der Waals surface area contributed by atoms with E-state index in [2.05, 4.69) is 31.2 Å². The summed E-state index contributed by atoms with van der Waals surface area (Å²) in [6.45, 7) is 1.84. The fourth-order valence-electron chi connectivity index (χ4n) is 2.04. The number of para-hydroxylation sites is 1. The zero-order valence-corrected chi connectivity index (χ0v) is 12.9. The number of pyridine rings is 2. The second kappa shape index (κ2) is 5.61. The Morgan fingerprint density at radius 2 is 1.86 bits per heavy atom. The first-order valence-corrected chi connectivity index (χ1v) is 7.23. The molecule has 0 aliphatic heterocycles. The van der Waals surface area contributed by atoms with Crippen molar-refractivity contribution in [1.29, 1.82) is 0 Å². The zero-order valence-electron chi connectivity index (χ0n) is 11.3. The number of carbonyl (C=O) groups excluding carboxylic acids is 1. The SMILES string of the molecule is Cc1nc(Br)ccc1NC(=O)c1ccc2ccccc2n1. The van der Waals surface area contributed by atoms with Crippen LogP contribution in [0.3, 0.4) is 0 Å². The molecule has 0 fully saturated rings.